The monoisotopic (exact) mass is 778 g/mol. The standard InChI is InChI=1S/C54H38N2O4/c1-59-53(57)37-16-12-14-35(32-37)51-45-22-6-7-23-46(45)52(36-15-13-17-38(33-36)54(58)60-2)48-34-42(30-31-47(48)51)55(39-18-4-3-5-19-39)40-26-28-41(29-27-40)56-49-24-10-8-20-43(49)44-21-9-11-25-50(44)56/h3-34H,1-2H3. The first-order valence-electron chi connectivity index (χ1n) is 19.8. The molecule has 0 N–H and O–H groups in total. The Morgan fingerprint density at radius 1 is 0.400 bits per heavy atom. The number of ether oxygens (including phenoxy) is 2. The van der Waals surface area contributed by atoms with Crippen molar-refractivity contribution in [2.24, 2.45) is 0 Å². The lowest BCUT2D eigenvalue weighted by molar-refractivity contribution is 0.0592. The Hall–Kier alpha value is -7.96. The normalized spacial score (nSPS) is 11.3. The van der Waals surface area contributed by atoms with E-state index in [9.17, 15) is 9.59 Å². The summed E-state index contributed by atoms with van der Waals surface area (Å²) in [6.45, 7) is 0. The SMILES string of the molecule is COC(=O)c1cccc(-c2c3ccccc3c(-c3cccc(C(=O)OC)c3)c3cc(N(c4ccccc4)c4ccc(-n5c6ccccc6c6ccccc65)cc4)ccc23)c1. The molecule has 0 bridgehead atoms. The minimum absolute atomic E-state index is 0.397. The van der Waals surface area contributed by atoms with Gasteiger partial charge in [0.1, 0.15) is 0 Å². The molecule has 0 saturated carbocycles. The van der Waals surface area contributed by atoms with Gasteiger partial charge in [-0.2, -0.15) is 0 Å². The molecular weight excluding hydrogens is 741 g/mol. The van der Waals surface area contributed by atoms with Crippen molar-refractivity contribution in [1.82, 2.24) is 4.57 Å². The van der Waals surface area contributed by atoms with Gasteiger partial charge in [-0.05, 0) is 129 Å². The van der Waals surface area contributed by atoms with Gasteiger partial charge in [-0.3, -0.25) is 0 Å². The number of carbonyl (C=O) groups is 2. The molecule has 9 aromatic carbocycles. The number of esters is 2. The zero-order chi connectivity index (χ0) is 40.7. The van der Waals surface area contributed by atoms with Gasteiger partial charge in [0, 0.05) is 33.5 Å². The number of rotatable bonds is 8. The number of fused-ring (bicyclic) bond motifs is 5. The lowest BCUT2D eigenvalue weighted by Gasteiger charge is -2.27. The van der Waals surface area contributed by atoms with Gasteiger partial charge in [-0.15, -0.1) is 0 Å². The van der Waals surface area contributed by atoms with E-state index in [2.05, 4.69) is 137 Å². The lowest BCUT2D eigenvalue weighted by Crippen LogP contribution is -2.10. The summed E-state index contributed by atoms with van der Waals surface area (Å²) in [5.74, 6) is -0.798. The minimum Gasteiger partial charge on any atom is -0.465 e. The molecule has 10 aromatic rings. The molecule has 0 saturated heterocycles. The van der Waals surface area contributed by atoms with Crippen molar-refractivity contribution in [3.05, 3.63) is 205 Å². The molecule has 1 aromatic heterocycles. The fraction of sp³-hybridized carbons (Fsp3) is 0.0370. The fourth-order valence-corrected chi connectivity index (χ4v) is 8.74. The average molecular weight is 779 g/mol. The summed E-state index contributed by atoms with van der Waals surface area (Å²) in [6.07, 6.45) is 0. The number of hydrogen-bond donors (Lipinski definition) is 0. The summed E-state index contributed by atoms with van der Waals surface area (Å²) in [6, 6.07) is 66.3. The Labute approximate surface area is 347 Å². The predicted molar refractivity (Wildman–Crippen MR) is 244 cm³/mol. The molecule has 6 nitrogen and oxygen atoms in total. The minimum atomic E-state index is -0.401. The first kappa shape index (κ1) is 36.4. The van der Waals surface area contributed by atoms with Crippen molar-refractivity contribution in [2.75, 3.05) is 19.1 Å². The summed E-state index contributed by atoms with van der Waals surface area (Å²) in [4.78, 5) is 28.0. The maximum absolute atomic E-state index is 12.9. The number of anilines is 3. The highest BCUT2D eigenvalue weighted by atomic mass is 16.5. The summed E-state index contributed by atoms with van der Waals surface area (Å²) in [5.41, 5.74) is 11.0. The number of aromatic nitrogens is 1. The smallest absolute Gasteiger partial charge is 0.337 e. The molecule has 0 atom stereocenters. The third-order valence-corrected chi connectivity index (χ3v) is 11.4. The van der Waals surface area contributed by atoms with Crippen molar-refractivity contribution in [3.63, 3.8) is 0 Å². The van der Waals surface area contributed by atoms with Gasteiger partial charge in [0.15, 0.2) is 0 Å². The van der Waals surface area contributed by atoms with E-state index in [0.717, 1.165) is 77.6 Å². The van der Waals surface area contributed by atoms with Gasteiger partial charge >= 0.3 is 11.9 Å². The number of hydrogen-bond acceptors (Lipinski definition) is 5. The zero-order valence-corrected chi connectivity index (χ0v) is 33.0. The molecule has 6 heteroatoms. The van der Waals surface area contributed by atoms with Crippen LogP contribution >= 0.6 is 0 Å². The van der Waals surface area contributed by atoms with Crippen molar-refractivity contribution in [2.45, 2.75) is 0 Å². The zero-order valence-electron chi connectivity index (χ0n) is 33.0. The van der Waals surface area contributed by atoms with Crippen LogP contribution in [0.4, 0.5) is 17.1 Å². The third-order valence-electron chi connectivity index (χ3n) is 11.4. The van der Waals surface area contributed by atoms with Crippen LogP contribution in [-0.4, -0.2) is 30.7 Å². The van der Waals surface area contributed by atoms with E-state index in [4.69, 9.17) is 9.47 Å². The van der Waals surface area contributed by atoms with Gasteiger partial charge in [0.25, 0.3) is 0 Å². The van der Waals surface area contributed by atoms with E-state index < -0.39 is 11.9 Å². The Morgan fingerprint density at radius 3 is 1.40 bits per heavy atom. The second kappa shape index (κ2) is 15.1. The molecule has 10 rings (SSSR count). The fourth-order valence-electron chi connectivity index (χ4n) is 8.74. The highest BCUT2D eigenvalue weighted by Gasteiger charge is 2.22. The summed E-state index contributed by atoms with van der Waals surface area (Å²) in [7, 11) is 2.80. The topological polar surface area (TPSA) is 60.8 Å². The summed E-state index contributed by atoms with van der Waals surface area (Å²) in [5, 5.41) is 6.43. The second-order valence-corrected chi connectivity index (χ2v) is 14.7. The summed E-state index contributed by atoms with van der Waals surface area (Å²) < 4.78 is 12.6. The van der Waals surface area contributed by atoms with Crippen LogP contribution in [0.2, 0.25) is 0 Å². The quantitative estimate of drug-likeness (QED) is 0.114. The van der Waals surface area contributed by atoms with Crippen LogP contribution < -0.4 is 4.90 Å². The molecule has 0 unspecified atom stereocenters. The number of carbonyl (C=O) groups excluding carboxylic acids is 2. The van der Waals surface area contributed by atoms with E-state index in [-0.39, 0.29) is 0 Å². The number of para-hydroxylation sites is 3. The number of methoxy groups -OCH3 is 2. The molecule has 0 aliphatic rings. The van der Waals surface area contributed by atoms with Gasteiger partial charge in [0.2, 0.25) is 0 Å². The van der Waals surface area contributed by atoms with Crippen LogP contribution in [0.15, 0.2) is 194 Å². The first-order chi connectivity index (χ1) is 29.5. The summed E-state index contributed by atoms with van der Waals surface area (Å²) >= 11 is 0. The van der Waals surface area contributed by atoms with Crippen LogP contribution in [-0.2, 0) is 9.47 Å². The van der Waals surface area contributed by atoms with Crippen LogP contribution in [0.1, 0.15) is 20.7 Å². The van der Waals surface area contributed by atoms with Crippen LogP contribution in [0, 0.1) is 0 Å². The van der Waals surface area contributed by atoms with E-state index in [1.54, 1.807) is 12.1 Å². The van der Waals surface area contributed by atoms with Crippen LogP contribution in [0.5, 0.6) is 0 Å². The molecular formula is C54H38N2O4. The number of nitrogens with zero attached hydrogens (tertiary/aromatic N) is 2. The van der Waals surface area contributed by atoms with Gasteiger partial charge in [-0.25, -0.2) is 9.59 Å². The third kappa shape index (κ3) is 6.14. The molecule has 60 heavy (non-hydrogen) atoms. The maximum atomic E-state index is 12.9. The highest BCUT2D eigenvalue weighted by Crippen LogP contribution is 2.47. The van der Waals surface area contributed by atoms with Gasteiger partial charge < -0.3 is 18.9 Å². The predicted octanol–water partition coefficient (Wildman–Crippen LogP) is 13.5. The van der Waals surface area contributed by atoms with Crippen molar-refractivity contribution >= 4 is 72.4 Å². The van der Waals surface area contributed by atoms with Crippen molar-refractivity contribution in [1.29, 1.82) is 0 Å². The molecule has 0 radical (unpaired) electrons. The second-order valence-electron chi connectivity index (χ2n) is 14.7. The molecule has 1 heterocycles. The lowest BCUT2D eigenvalue weighted by atomic mass is 9.85. The molecule has 0 aliphatic heterocycles. The molecule has 0 fully saturated rings. The Kier molecular flexibility index (Phi) is 9.15. The van der Waals surface area contributed by atoms with E-state index >= 15 is 0 Å². The van der Waals surface area contributed by atoms with Gasteiger partial charge in [0.05, 0.1) is 36.4 Å². The van der Waals surface area contributed by atoms with Crippen molar-refractivity contribution < 1.29 is 19.1 Å². The molecule has 0 aliphatic carbocycles. The van der Waals surface area contributed by atoms with E-state index in [1.165, 1.54) is 25.0 Å². The Morgan fingerprint density at radius 2 is 0.850 bits per heavy atom. The highest BCUT2D eigenvalue weighted by molar-refractivity contribution is 6.22. The van der Waals surface area contributed by atoms with Crippen molar-refractivity contribution in [3.8, 4) is 27.9 Å². The Bertz CT molecular complexity index is 3220. The van der Waals surface area contributed by atoms with Crippen LogP contribution in [0.25, 0.3) is 71.3 Å². The molecule has 0 spiro atoms. The van der Waals surface area contributed by atoms with E-state index in [0.29, 0.717) is 11.1 Å². The largest absolute Gasteiger partial charge is 0.465 e. The first-order valence-corrected chi connectivity index (χ1v) is 19.8. The Balaban J connectivity index is 1.22. The molecule has 288 valence electrons. The van der Waals surface area contributed by atoms with E-state index in [1.807, 2.05) is 54.6 Å². The van der Waals surface area contributed by atoms with Crippen LogP contribution in [0.3, 0.4) is 0 Å². The number of benzene rings is 9. The average Bonchev–Trinajstić information content (AvgIpc) is 3.65. The molecule has 0 amide bonds. The van der Waals surface area contributed by atoms with Gasteiger partial charge in [-0.1, -0.05) is 109 Å². The maximum Gasteiger partial charge on any atom is 0.337 e.